The Hall–Kier alpha value is -0.740. The maximum atomic E-state index is 13.0. The molecule has 0 aliphatic heterocycles. The first-order valence-electron chi connectivity index (χ1n) is 5.52. The molecule has 0 heterocycles. The van der Waals surface area contributed by atoms with Gasteiger partial charge in [-0.25, -0.2) is 4.39 Å². The zero-order valence-electron chi connectivity index (χ0n) is 9.29. The van der Waals surface area contributed by atoms with E-state index in [0.717, 1.165) is 36.3 Å². The molecule has 0 atom stereocenters. The minimum atomic E-state index is -0.275. The van der Waals surface area contributed by atoms with Gasteiger partial charge in [-0.1, -0.05) is 12.8 Å². The van der Waals surface area contributed by atoms with E-state index in [0.29, 0.717) is 5.69 Å². The third-order valence-electron chi connectivity index (χ3n) is 2.21. The maximum absolute atomic E-state index is 13.0. The van der Waals surface area contributed by atoms with Crippen LogP contribution in [-0.4, -0.2) is 17.5 Å². The van der Waals surface area contributed by atoms with E-state index in [1.54, 1.807) is 17.8 Å². The third kappa shape index (κ3) is 5.37. The summed E-state index contributed by atoms with van der Waals surface area (Å²) in [7, 11) is 0. The lowest BCUT2D eigenvalue weighted by molar-refractivity contribution is 0.283. The van der Waals surface area contributed by atoms with E-state index >= 15 is 0 Å². The molecule has 0 radical (unpaired) electrons. The number of aliphatic hydroxyl groups excluding tert-OH is 1. The summed E-state index contributed by atoms with van der Waals surface area (Å²) in [6.07, 6.45) is 4.12. The molecule has 1 aromatic carbocycles. The van der Waals surface area contributed by atoms with Crippen molar-refractivity contribution in [2.75, 3.05) is 18.1 Å². The number of nitrogens with two attached hydrogens (primary N) is 1. The summed E-state index contributed by atoms with van der Waals surface area (Å²) in [6.45, 7) is 0.271. The molecule has 0 saturated carbocycles. The molecule has 0 amide bonds. The van der Waals surface area contributed by atoms with Gasteiger partial charge in [0.15, 0.2) is 0 Å². The van der Waals surface area contributed by atoms with Crippen LogP contribution in [0.4, 0.5) is 10.1 Å². The van der Waals surface area contributed by atoms with E-state index in [4.69, 9.17) is 10.8 Å². The van der Waals surface area contributed by atoms with E-state index in [-0.39, 0.29) is 12.4 Å². The van der Waals surface area contributed by atoms with Crippen LogP contribution >= 0.6 is 11.8 Å². The number of unbranched alkanes of at least 4 members (excludes halogenated alkanes) is 3. The van der Waals surface area contributed by atoms with Crippen LogP contribution in [0.2, 0.25) is 0 Å². The fourth-order valence-corrected chi connectivity index (χ4v) is 2.42. The standard InChI is InChI=1S/C12H18FNOS/c13-10-7-11(14)9-12(8-10)16-6-4-2-1-3-5-15/h7-9,15H,1-6,14H2. The van der Waals surface area contributed by atoms with Crippen molar-refractivity contribution in [2.24, 2.45) is 0 Å². The zero-order valence-corrected chi connectivity index (χ0v) is 10.1. The highest BCUT2D eigenvalue weighted by molar-refractivity contribution is 7.99. The van der Waals surface area contributed by atoms with Crippen molar-refractivity contribution in [3.8, 4) is 0 Å². The van der Waals surface area contributed by atoms with Crippen molar-refractivity contribution < 1.29 is 9.50 Å². The molecule has 0 unspecified atom stereocenters. The number of hydrogen-bond acceptors (Lipinski definition) is 3. The predicted octanol–water partition coefficient (Wildman–Crippen LogP) is 3.05. The number of hydrogen-bond donors (Lipinski definition) is 2. The summed E-state index contributed by atoms with van der Waals surface area (Å²) in [5.41, 5.74) is 6.02. The highest BCUT2D eigenvalue weighted by atomic mass is 32.2. The Morgan fingerprint density at radius 2 is 1.88 bits per heavy atom. The molecule has 0 saturated heterocycles. The minimum absolute atomic E-state index is 0.271. The lowest BCUT2D eigenvalue weighted by Crippen LogP contribution is -1.89. The highest BCUT2D eigenvalue weighted by Gasteiger charge is 1.99. The predicted molar refractivity (Wildman–Crippen MR) is 67.1 cm³/mol. The Kier molecular flexibility index (Phi) is 6.26. The fourth-order valence-electron chi connectivity index (χ4n) is 1.43. The largest absolute Gasteiger partial charge is 0.399 e. The van der Waals surface area contributed by atoms with Crippen LogP contribution in [0.3, 0.4) is 0 Å². The molecule has 0 aliphatic rings. The van der Waals surface area contributed by atoms with Crippen LogP contribution in [0.15, 0.2) is 23.1 Å². The Balaban J connectivity index is 2.21. The Labute approximate surface area is 100 Å². The van der Waals surface area contributed by atoms with E-state index in [2.05, 4.69) is 0 Å². The van der Waals surface area contributed by atoms with Crippen LogP contribution in [-0.2, 0) is 0 Å². The van der Waals surface area contributed by atoms with Crippen molar-refractivity contribution in [2.45, 2.75) is 30.6 Å². The van der Waals surface area contributed by atoms with Gasteiger partial charge < -0.3 is 10.8 Å². The monoisotopic (exact) mass is 243 g/mol. The smallest absolute Gasteiger partial charge is 0.126 e. The Morgan fingerprint density at radius 3 is 2.56 bits per heavy atom. The molecule has 2 nitrogen and oxygen atoms in total. The van der Waals surface area contributed by atoms with Gasteiger partial charge in [-0.2, -0.15) is 0 Å². The summed E-state index contributed by atoms with van der Waals surface area (Å²) in [5.74, 6) is 0.691. The molecule has 0 aliphatic carbocycles. The summed E-state index contributed by atoms with van der Waals surface area (Å²) in [4.78, 5) is 0.889. The Morgan fingerprint density at radius 1 is 1.12 bits per heavy atom. The number of aliphatic hydroxyl groups is 1. The second-order valence-corrected chi connectivity index (χ2v) is 4.87. The molecule has 1 aromatic rings. The van der Waals surface area contributed by atoms with Crippen molar-refractivity contribution in [3.63, 3.8) is 0 Å². The molecule has 90 valence electrons. The number of thioether (sulfide) groups is 1. The maximum Gasteiger partial charge on any atom is 0.126 e. The van der Waals surface area contributed by atoms with Gasteiger partial charge in [0.2, 0.25) is 0 Å². The number of halogens is 1. The summed E-state index contributed by atoms with van der Waals surface area (Å²) in [5, 5.41) is 8.60. The minimum Gasteiger partial charge on any atom is -0.399 e. The van der Waals surface area contributed by atoms with Gasteiger partial charge in [0.25, 0.3) is 0 Å². The molecule has 0 bridgehead atoms. The van der Waals surface area contributed by atoms with Crippen molar-refractivity contribution in [1.29, 1.82) is 0 Å². The third-order valence-corrected chi connectivity index (χ3v) is 3.28. The van der Waals surface area contributed by atoms with Crippen LogP contribution in [0, 0.1) is 5.82 Å². The van der Waals surface area contributed by atoms with Gasteiger partial charge >= 0.3 is 0 Å². The first kappa shape index (κ1) is 13.3. The zero-order chi connectivity index (χ0) is 11.8. The highest BCUT2D eigenvalue weighted by Crippen LogP contribution is 2.23. The van der Waals surface area contributed by atoms with E-state index < -0.39 is 0 Å². The lowest BCUT2D eigenvalue weighted by Gasteiger charge is -2.03. The summed E-state index contributed by atoms with van der Waals surface area (Å²) >= 11 is 1.62. The second kappa shape index (κ2) is 7.52. The molecule has 4 heteroatoms. The number of rotatable bonds is 7. The quantitative estimate of drug-likeness (QED) is 0.439. The SMILES string of the molecule is Nc1cc(F)cc(SCCCCCCO)c1. The van der Waals surface area contributed by atoms with Gasteiger partial charge in [-0.15, -0.1) is 11.8 Å². The normalized spacial score (nSPS) is 10.6. The second-order valence-electron chi connectivity index (χ2n) is 3.71. The topological polar surface area (TPSA) is 46.2 Å². The Bertz CT molecular complexity index is 300. The lowest BCUT2D eigenvalue weighted by atomic mass is 10.2. The number of nitrogen functional groups attached to an aromatic ring is 1. The van der Waals surface area contributed by atoms with E-state index in [9.17, 15) is 4.39 Å². The average Bonchev–Trinajstić information content (AvgIpc) is 2.22. The van der Waals surface area contributed by atoms with Gasteiger partial charge in [-0.05, 0) is 36.8 Å². The number of benzene rings is 1. The fraction of sp³-hybridized carbons (Fsp3) is 0.500. The van der Waals surface area contributed by atoms with Crippen LogP contribution in [0.25, 0.3) is 0 Å². The van der Waals surface area contributed by atoms with Crippen molar-refractivity contribution in [1.82, 2.24) is 0 Å². The van der Waals surface area contributed by atoms with E-state index in [1.165, 1.54) is 12.1 Å². The van der Waals surface area contributed by atoms with Crippen molar-refractivity contribution in [3.05, 3.63) is 24.0 Å². The average molecular weight is 243 g/mol. The molecular formula is C12H18FNOS. The van der Waals surface area contributed by atoms with E-state index in [1.807, 2.05) is 0 Å². The molecule has 1 rings (SSSR count). The van der Waals surface area contributed by atoms with Gasteiger partial charge in [0, 0.05) is 17.2 Å². The molecule has 0 aromatic heterocycles. The molecule has 0 fully saturated rings. The first-order valence-corrected chi connectivity index (χ1v) is 6.50. The van der Waals surface area contributed by atoms with Gasteiger partial charge in [-0.3, -0.25) is 0 Å². The van der Waals surface area contributed by atoms with Crippen LogP contribution < -0.4 is 5.73 Å². The molecule has 16 heavy (non-hydrogen) atoms. The van der Waals surface area contributed by atoms with Crippen molar-refractivity contribution >= 4 is 17.4 Å². The van der Waals surface area contributed by atoms with Gasteiger partial charge in [0.1, 0.15) is 5.82 Å². The summed E-state index contributed by atoms with van der Waals surface area (Å²) < 4.78 is 13.0. The number of anilines is 1. The molecular weight excluding hydrogens is 225 g/mol. The molecule has 3 N–H and O–H groups in total. The van der Waals surface area contributed by atoms with Gasteiger partial charge in [0.05, 0.1) is 0 Å². The first-order chi connectivity index (χ1) is 7.72. The van der Waals surface area contributed by atoms with Crippen LogP contribution in [0.5, 0.6) is 0 Å². The molecule has 0 spiro atoms. The van der Waals surface area contributed by atoms with Crippen LogP contribution in [0.1, 0.15) is 25.7 Å². The summed E-state index contributed by atoms with van der Waals surface area (Å²) in [6, 6.07) is 4.63.